The Morgan fingerprint density at radius 3 is 2.61 bits per heavy atom. The van der Waals surface area contributed by atoms with Crippen LogP contribution in [0.3, 0.4) is 0 Å². The van der Waals surface area contributed by atoms with Crippen molar-refractivity contribution in [3.8, 4) is 5.75 Å². The average Bonchev–Trinajstić information content (AvgIpc) is 2.40. The summed E-state index contributed by atoms with van der Waals surface area (Å²) in [6.07, 6.45) is 0.888. The van der Waals surface area contributed by atoms with Crippen LogP contribution in [-0.4, -0.2) is 7.05 Å². The number of hydrogen-bond donors (Lipinski definition) is 1. The van der Waals surface area contributed by atoms with Crippen molar-refractivity contribution in [1.29, 1.82) is 0 Å². The van der Waals surface area contributed by atoms with E-state index in [1.165, 1.54) is 11.1 Å². The molecule has 1 unspecified atom stereocenters. The van der Waals surface area contributed by atoms with Crippen molar-refractivity contribution >= 4 is 7.05 Å². The Kier molecular flexibility index (Phi) is 3.07. The molecule has 0 spiro atoms. The lowest BCUT2D eigenvalue weighted by Gasteiger charge is -2.29. The van der Waals surface area contributed by atoms with Gasteiger partial charge in [-0.15, -0.1) is 0 Å². The van der Waals surface area contributed by atoms with E-state index in [0.717, 1.165) is 12.1 Å². The fourth-order valence-corrected chi connectivity index (χ4v) is 2.43. The number of hydrogen-bond acceptors (Lipinski definition) is 2. The van der Waals surface area contributed by atoms with Gasteiger partial charge < -0.3 is 9.88 Å². The minimum Gasteiger partial charge on any atom is -0.545 e. The Morgan fingerprint density at radius 1 is 1.06 bits per heavy atom. The van der Waals surface area contributed by atoms with Crippen molar-refractivity contribution in [3.63, 3.8) is 0 Å². The maximum absolute atomic E-state index is 6.00. The number of para-hydroxylation sites is 1. The molecule has 0 bridgehead atoms. The van der Waals surface area contributed by atoms with Crippen LogP contribution >= 0.6 is 0 Å². The van der Waals surface area contributed by atoms with Crippen LogP contribution in [0.25, 0.3) is 0 Å². The Labute approximate surface area is 108 Å². The molecule has 3 rings (SSSR count). The predicted octanol–water partition coefficient (Wildman–Crippen LogP) is 3.00. The SMILES string of the molecule is CC1NB(Cc2ccccc2)Oc2ccccc21. The second-order valence-corrected chi connectivity index (χ2v) is 4.72. The Hall–Kier alpha value is -1.74. The molecule has 90 valence electrons. The van der Waals surface area contributed by atoms with Gasteiger partial charge in [0.1, 0.15) is 5.75 Å². The van der Waals surface area contributed by atoms with Gasteiger partial charge in [-0.05, 0) is 18.6 Å². The van der Waals surface area contributed by atoms with Crippen LogP contribution in [0.15, 0.2) is 54.6 Å². The van der Waals surface area contributed by atoms with Crippen LogP contribution in [0.2, 0.25) is 0 Å². The molecule has 0 saturated carbocycles. The number of fused-ring (bicyclic) bond motifs is 1. The highest BCUT2D eigenvalue weighted by molar-refractivity contribution is 6.49. The zero-order valence-electron chi connectivity index (χ0n) is 10.5. The van der Waals surface area contributed by atoms with E-state index < -0.39 is 0 Å². The molecule has 18 heavy (non-hydrogen) atoms. The van der Waals surface area contributed by atoms with Gasteiger partial charge in [0, 0.05) is 17.9 Å². The minimum atomic E-state index is 0.0531. The predicted molar refractivity (Wildman–Crippen MR) is 74.5 cm³/mol. The summed E-state index contributed by atoms with van der Waals surface area (Å²) in [5, 5.41) is 3.50. The summed E-state index contributed by atoms with van der Waals surface area (Å²) in [7, 11) is 0.0531. The van der Waals surface area contributed by atoms with E-state index >= 15 is 0 Å². The van der Waals surface area contributed by atoms with Gasteiger partial charge in [0.05, 0.1) is 0 Å². The van der Waals surface area contributed by atoms with E-state index in [4.69, 9.17) is 4.65 Å². The maximum atomic E-state index is 6.00. The van der Waals surface area contributed by atoms with E-state index in [1.54, 1.807) is 0 Å². The molecule has 3 heteroatoms. The molecule has 2 aromatic carbocycles. The second-order valence-electron chi connectivity index (χ2n) is 4.72. The van der Waals surface area contributed by atoms with Gasteiger partial charge in [0.25, 0.3) is 0 Å². The van der Waals surface area contributed by atoms with Gasteiger partial charge in [-0.25, -0.2) is 0 Å². The van der Waals surface area contributed by atoms with Crippen LogP contribution < -0.4 is 9.88 Å². The summed E-state index contributed by atoms with van der Waals surface area (Å²) in [4.78, 5) is 0. The molecule has 0 amide bonds. The lowest BCUT2D eigenvalue weighted by atomic mass is 9.72. The molecule has 1 aliphatic rings. The van der Waals surface area contributed by atoms with Crippen LogP contribution in [0, 0.1) is 0 Å². The summed E-state index contributed by atoms with van der Waals surface area (Å²) in [5.74, 6) is 1.00. The normalized spacial score (nSPS) is 18.1. The van der Waals surface area contributed by atoms with E-state index in [2.05, 4.69) is 48.5 Å². The molecule has 1 aliphatic heterocycles. The largest absolute Gasteiger partial charge is 0.545 e. The molecule has 1 heterocycles. The fraction of sp³-hybridized carbons (Fsp3) is 0.200. The first-order chi connectivity index (χ1) is 8.83. The van der Waals surface area contributed by atoms with Gasteiger partial charge in [0.2, 0.25) is 0 Å². The Morgan fingerprint density at radius 2 is 1.78 bits per heavy atom. The van der Waals surface area contributed by atoms with Crippen molar-refractivity contribution in [3.05, 3.63) is 65.7 Å². The summed E-state index contributed by atoms with van der Waals surface area (Å²) < 4.78 is 6.00. The number of nitrogens with one attached hydrogen (secondary N) is 1. The Bertz CT molecular complexity index is 529. The van der Waals surface area contributed by atoms with Crippen LogP contribution in [-0.2, 0) is 6.32 Å². The first kappa shape index (κ1) is 11.4. The quantitative estimate of drug-likeness (QED) is 0.810. The smallest absolute Gasteiger partial charge is 0.451 e. The van der Waals surface area contributed by atoms with Crippen molar-refractivity contribution in [2.24, 2.45) is 0 Å². The van der Waals surface area contributed by atoms with Gasteiger partial charge in [-0.2, -0.15) is 0 Å². The molecule has 0 radical (unpaired) electrons. The van der Waals surface area contributed by atoms with Crippen molar-refractivity contribution < 1.29 is 4.65 Å². The topological polar surface area (TPSA) is 21.3 Å². The highest BCUT2D eigenvalue weighted by Crippen LogP contribution is 2.29. The van der Waals surface area contributed by atoms with Crippen molar-refractivity contribution in [1.82, 2.24) is 5.23 Å². The molecule has 0 aromatic heterocycles. The molecular weight excluding hydrogens is 221 g/mol. The monoisotopic (exact) mass is 237 g/mol. The first-order valence-corrected chi connectivity index (χ1v) is 6.38. The van der Waals surface area contributed by atoms with E-state index in [1.807, 2.05) is 18.2 Å². The number of rotatable bonds is 2. The number of benzene rings is 2. The highest BCUT2D eigenvalue weighted by Gasteiger charge is 2.28. The van der Waals surface area contributed by atoms with Gasteiger partial charge in [-0.3, -0.25) is 0 Å². The van der Waals surface area contributed by atoms with Crippen LogP contribution in [0.4, 0.5) is 0 Å². The van der Waals surface area contributed by atoms with Crippen LogP contribution in [0.1, 0.15) is 24.1 Å². The second kappa shape index (κ2) is 4.87. The molecule has 0 saturated heterocycles. The molecule has 1 atom stereocenters. The molecule has 2 nitrogen and oxygen atoms in total. The van der Waals surface area contributed by atoms with Gasteiger partial charge in [-0.1, -0.05) is 48.5 Å². The summed E-state index contributed by atoms with van der Waals surface area (Å²) >= 11 is 0. The third kappa shape index (κ3) is 2.27. The Balaban J connectivity index is 1.78. The summed E-state index contributed by atoms with van der Waals surface area (Å²) in [6.45, 7) is 2.18. The van der Waals surface area contributed by atoms with E-state index in [-0.39, 0.29) is 7.05 Å². The molecule has 0 fully saturated rings. The highest BCUT2D eigenvalue weighted by atomic mass is 16.4. The summed E-state index contributed by atoms with van der Waals surface area (Å²) in [5.41, 5.74) is 2.53. The maximum Gasteiger partial charge on any atom is 0.451 e. The van der Waals surface area contributed by atoms with Gasteiger partial charge >= 0.3 is 7.05 Å². The molecule has 1 N–H and O–H groups in total. The van der Waals surface area contributed by atoms with Crippen LogP contribution in [0.5, 0.6) is 5.75 Å². The van der Waals surface area contributed by atoms with Gasteiger partial charge in [0.15, 0.2) is 0 Å². The molecule has 2 aromatic rings. The molecule has 0 aliphatic carbocycles. The molecular formula is C15H16BNO. The fourth-order valence-electron chi connectivity index (χ4n) is 2.43. The van der Waals surface area contributed by atoms with E-state index in [9.17, 15) is 0 Å². The summed E-state index contributed by atoms with van der Waals surface area (Å²) in [6, 6.07) is 19.0. The average molecular weight is 237 g/mol. The standard InChI is InChI=1S/C15H16BNO/c1-12-14-9-5-6-10-15(14)18-16(17-12)11-13-7-3-2-4-8-13/h2-10,12,17H,11H2,1H3. The third-order valence-electron chi connectivity index (χ3n) is 3.35. The zero-order valence-corrected chi connectivity index (χ0v) is 10.5. The third-order valence-corrected chi connectivity index (χ3v) is 3.35. The lowest BCUT2D eigenvalue weighted by molar-refractivity contribution is 0.478. The van der Waals surface area contributed by atoms with Crippen molar-refractivity contribution in [2.75, 3.05) is 0 Å². The lowest BCUT2D eigenvalue weighted by Crippen LogP contribution is -2.46. The van der Waals surface area contributed by atoms with E-state index in [0.29, 0.717) is 6.04 Å². The zero-order chi connectivity index (χ0) is 12.4. The van der Waals surface area contributed by atoms with Crippen molar-refractivity contribution in [2.45, 2.75) is 19.3 Å². The first-order valence-electron chi connectivity index (χ1n) is 6.38. The minimum absolute atomic E-state index is 0.0531.